The number of rotatable bonds is 4. The molecule has 0 aliphatic heterocycles. The molecule has 0 heterocycles. The van der Waals surface area contributed by atoms with Crippen LogP contribution in [0.15, 0.2) is 54.6 Å². The van der Waals surface area contributed by atoms with Crippen molar-refractivity contribution in [2.45, 2.75) is 12.6 Å². The van der Waals surface area contributed by atoms with E-state index < -0.39 is 6.04 Å². The molecule has 0 aromatic heterocycles. The highest BCUT2D eigenvalue weighted by atomic mass is 35.5. The lowest BCUT2D eigenvalue weighted by Gasteiger charge is -2.21. The molecule has 5 heteroatoms. The van der Waals surface area contributed by atoms with Crippen LogP contribution in [0, 0.1) is 5.82 Å². The van der Waals surface area contributed by atoms with Crippen molar-refractivity contribution < 1.29 is 9.18 Å². The lowest BCUT2D eigenvalue weighted by atomic mass is 10.1. The van der Waals surface area contributed by atoms with E-state index in [-0.39, 0.29) is 24.1 Å². The van der Waals surface area contributed by atoms with Gasteiger partial charge in [0.15, 0.2) is 0 Å². The molecule has 2 aromatic carbocycles. The maximum atomic E-state index is 12.8. The standard InChI is InChI=1S/C16H17FN2O.ClH/c1-19(11-12-7-9-14(17)10-8-12)16(20)15(18)13-5-3-2-4-6-13;/h2-10,15H,11,18H2,1H3;1H. The first-order valence-corrected chi connectivity index (χ1v) is 6.38. The van der Waals surface area contributed by atoms with Crippen molar-refractivity contribution >= 4 is 18.3 Å². The topological polar surface area (TPSA) is 46.3 Å². The predicted molar refractivity (Wildman–Crippen MR) is 83.5 cm³/mol. The van der Waals surface area contributed by atoms with Crippen LogP contribution in [0.5, 0.6) is 0 Å². The minimum atomic E-state index is -0.679. The van der Waals surface area contributed by atoms with Gasteiger partial charge >= 0.3 is 0 Å². The number of amides is 1. The summed E-state index contributed by atoms with van der Waals surface area (Å²) in [5, 5.41) is 0. The van der Waals surface area contributed by atoms with Crippen LogP contribution in [0.4, 0.5) is 4.39 Å². The second-order valence-corrected chi connectivity index (χ2v) is 4.71. The SMILES string of the molecule is CN(Cc1ccc(F)cc1)C(=O)C(N)c1ccccc1.Cl. The van der Waals surface area contributed by atoms with Gasteiger partial charge in [-0.15, -0.1) is 12.4 Å². The van der Waals surface area contributed by atoms with Crippen LogP contribution in [0.1, 0.15) is 17.2 Å². The molecule has 0 saturated heterocycles. The van der Waals surface area contributed by atoms with E-state index in [2.05, 4.69) is 0 Å². The van der Waals surface area contributed by atoms with E-state index in [1.165, 1.54) is 12.1 Å². The van der Waals surface area contributed by atoms with Gasteiger partial charge in [0.2, 0.25) is 5.91 Å². The van der Waals surface area contributed by atoms with Crippen LogP contribution >= 0.6 is 12.4 Å². The average Bonchev–Trinajstić information content (AvgIpc) is 2.49. The fourth-order valence-electron chi connectivity index (χ4n) is 1.98. The van der Waals surface area contributed by atoms with Crippen molar-refractivity contribution in [2.75, 3.05) is 7.05 Å². The summed E-state index contributed by atoms with van der Waals surface area (Å²) in [6.45, 7) is 0.402. The maximum absolute atomic E-state index is 12.8. The Morgan fingerprint density at radius 3 is 2.29 bits per heavy atom. The Kier molecular flexibility index (Phi) is 6.34. The Hall–Kier alpha value is -1.91. The van der Waals surface area contributed by atoms with Crippen LogP contribution in [-0.2, 0) is 11.3 Å². The van der Waals surface area contributed by atoms with E-state index in [4.69, 9.17) is 5.73 Å². The van der Waals surface area contributed by atoms with E-state index in [1.54, 1.807) is 24.1 Å². The molecule has 21 heavy (non-hydrogen) atoms. The number of nitrogens with two attached hydrogens (primary N) is 1. The molecule has 2 rings (SSSR count). The van der Waals surface area contributed by atoms with Gasteiger partial charge in [0.05, 0.1) is 0 Å². The highest BCUT2D eigenvalue weighted by Gasteiger charge is 2.19. The van der Waals surface area contributed by atoms with Gasteiger partial charge in [0, 0.05) is 13.6 Å². The Bertz CT molecular complexity index is 575. The number of benzene rings is 2. The molecule has 0 spiro atoms. The summed E-state index contributed by atoms with van der Waals surface area (Å²) in [4.78, 5) is 13.8. The molecule has 112 valence electrons. The summed E-state index contributed by atoms with van der Waals surface area (Å²) >= 11 is 0. The molecule has 3 nitrogen and oxygen atoms in total. The summed E-state index contributed by atoms with van der Waals surface area (Å²) < 4.78 is 12.8. The Morgan fingerprint density at radius 1 is 1.14 bits per heavy atom. The highest BCUT2D eigenvalue weighted by Crippen LogP contribution is 2.14. The van der Waals surface area contributed by atoms with Crippen molar-refractivity contribution in [3.8, 4) is 0 Å². The van der Waals surface area contributed by atoms with Crippen LogP contribution in [0.3, 0.4) is 0 Å². The number of carbonyl (C=O) groups is 1. The lowest BCUT2D eigenvalue weighted by Crippen LogP contribution is -2.35. The monoisotopic (exact) mass is 308 g/mol. The quantitative estimate of drug-likeness (QED) is 0.944. The zero-order chi connectivity index (χ0) is 14.5. The van der Waals surface area contributed by atoms with Gasteiger partial charge in [-0.2, -0.15) is 0 Å². The van der Waals surface area contributed by atoms with Gasteiger partial charge in [-0.1, -0.05) is 42.5 Å². The zero-order valence-electron chi connectivity index (χ0n) is 11.7. The third-order valence-electron chi connectivity index (χ3n) is 3.13. The highest BCUT2D eigenvalue weighted by molar-refractivity contribution is 5.85. The third kappa shape index (κ3) is 4.55. The summed E-state index contributed by atoms with van der Waals surface area (Å²) in [5.74, 6) is -0.454. The molecule has 0 fully saturated rings. The van der Waals surface area contributed by atoms with Crippen molar-refractivity contribution in [3.63, 3.8) is 0 Å². The smallest absolute Gasteiger partial charge is 0.244 e. The molecule has 0 bridgehead atoms. The van der Waals surface area contributed by atoms with Crippen molar-refractivity contribution in [1.82, 2.24) is 4.90 Å². The van der Waals surface area contributed by atoms with E-state index in [0.29, 0.717) is 6.54 Å². The minimum Gasteiger partial charge on any atom is -0.340 e. The molecule has 1 atom stereocenters. The third-order valence-corrected chi connectivity index (χ3v) is 3.13. The van der Waals surface area contributed by atoms with Crippen molar-refractivity contribution in [3.05, 3.63) is 71.5 Å². The number of carbonyl (C=O) groups excluding carboxylic acids is 1. The number of hydrogen-bond donors (Lipinski definition) is 1. The van der Waals surface area contributed by atoms with Crippen LogP contribution in [0.2, 0.25) is 0 Å². The summed E-state index contributed by atoms with van der Waals surface area (Å²) in [7, 11) is 1.69. The number of hydrogen-bond acceptors (Lipinski definition) is 2. The number of likely N-dealkylation sites (N-methyl/N-ethyl adjacent to an activating group) is 1. The fourth-order valence-corrected chi connectivity index (χ4v) is 1.98. The predicted octanol–water partition coefficient (Wildman–Crippen LogP) is 2.91. The Morgan fingerprint density at radius 2 is 1.71 bits per heavy atom. The Balaban J connectivity index is 0.00000220. The normalized spacial score (nSPS) is 11.4. The second kappa shape index (κ2) is 7.76. The van der Waals surface area contributed by atoms with Gasteiger partial charge in [-0.3, -0.25) is 4.79 Å². The van der Waals surface area contributed by atoms with E-state index in [0.717, 1.165) is 11.1 Å². The Labute approximate surface area is 130 Å². The van der Waals surface area contributed by atoms with Gasteiger partial charge in [-0.25, -0.2) is 4.39 Å². The number of halogens is 2. The summed E-state index contributed by atoms with van der Waals surface area (Å²) in [6.07, 6.45) is 0. The molecule has 2 N–H and O–H groups in total. The number of nitrogens with zero attached hydrogens (tertiary/aromatic N) is 1. The van der Waals surface area contributed by atoms with Crippen molar-refractivity contribution in [1.29, 1.82) is 0 Å². The molecular formula is C16H18ClFN2O. The molecule has 0 aliphatic carbocycles. The minimum absolute atomic E-state index is 0. The lowest BCUT2D eigenvalue weighted by molar-refractivity contribution is -0.131. The van der Waals surface area contributed by atoms with E-state index in [9.17, 15) is 9.18 Å². The molecule has 1 amide bonds. The summed E-state index contributed by atoms with van der Waals surface area (Å²) in [5.41, 5.74) is 7.61. The molecular weight excluding hydrogens is 291 g/mol. The van der Waals surface area contributed by atoms with Crippen LogP contribution in [-0.4, -0.2) is 17.9 Å². The average molecular weight is 309 g/mol. The molecule has 2 aromatic rings. The van der Waals surface area contributed by atoms with Crippen LogP contribution < -0.4 is 5.73 Å². The van der Waals surface area contributed by atoms with E-state index in [1.807, 2.05) is 30.3 Å². The molecule has 0 aliphatic rings. The molecule has 1 unspecified atom stereocenters. The first-order valence-electron chi connectivity index (χ1n) is 6.38. The van der Waals surface area contributed by atoms with Crippen LogP contribution in [0.25, 0.3) is 0 Å². The van der Waals surface area contributed by atoms with E-state index >= 15 is 0 Å². The molecule has 0 saturated carbocycles. The first-order chi connectivity index (χ1) is 9.58. The van der Waals surface area contributed by atoms with Gasteiger partial charge in [0.25, 0.3) is 0 Å². The first kappa shape index (κ1) is 17.1. The van der Waals surface area contributed by atoms with Gasteiger partial charge in [-0.05, 0) is 23.3 Å². The molecule has 0 radical (unpaired) electrons. The maximum Gasteiger partial charge on any atom is 0.244 e. The van der Waals surface area contributed by atoms with Crippen molar-refractivity contribution in [2.24, 2.45) is 5.73 Å². The second-order valence-electron chi connectivity index (χ2n) is 4.71. The van der Waals surface area contributed by atoms with Gasteiger partial charge in [0.1, 0.15) is 11.9 Å². The zero-order valence-corrected chi connectivity index (χ0v) is 12.5. The summed E-state index contributed by atoms with van der Waals surface area (Å²) in [6, 6.07) is 14.6. The fraction of sp³-hybridized carbons (Fsp3) is 0.188. The largest absolute Gasteiger partial charge is 0.340 e. The van der Waals surface area contributed by atoms with Gasteiger partial charge < -0.3 is 10.6 Å².